The van der Waals surface area contributed by atoms with E-state index in [2.05, 4.69) is 5.32 Å². The summed E-state index contributed by atoms with van der Waals surface area (Å²) < 4.78 is 5.05. The SMILES string of the molecule is O=C(O)COc1ccc(NC(=O)C2CC23CCCC3)cc1Cl. The molecular formula is C16H18ClNO4. The maximum atomic E-state index is 12.3. The zero-order valence-electron chi connectivity index (χ0n) is 12.1. The molecule has 0 aliphatic heterocycles. The Balaban J connectivity index is 1.60. The van der Waals surface area contributed by atoms with Gasteiger partial charge in [0, 0.05) is 11.6 Å². The van der Waals surface area contributed by atoms with Crippen LogP contribution in [0.25, 0.3) is 0 Å². The number of nitrogens with one attached hydrogen (secondary N) is 1. The summed E-state index contributed by atoms with van der Waals surface area (Å²) in [6.45, 7) is -0.448. The van der Waals surface area contributed by atoms with Crippen molar-refractivity contribution in [2.45, 2.75) is 32.1 Å². The number of carbonyl (C=O) groups is 2. The summed E-state index contributed by atoms with van der Waals surface area (Å²) in [4.78, 5) is 22.8. The molecule has 2 fully saturated rings. The fourth-order valence-electron chi connectivity index (χ4n) is 3.41. The highest BCUT2D eigenvalue weighted by molar-refractivity contribution is 6.32. The number of aliphatic carboxylic acids is 1. The van der Waals surface area contributed by atoms with Gasteiger partial charge in [-0.2, -0.15) is 0 Å². The minimum absolute atomic E-state index is 0.0529. The van der Waals surface area contributed by atoms with Gasteiger partial charge in [-0.05, 0) is 42.9 Å². The Labute approximate surface area is 133 Å². The molecule has 1 aromatic carbocycles. The number of carboxylic acids is 1. The Morgan fingerprint density at radius 2 is 2.09 bits per heavy atom. The van der Waals surface area contributed by atoms with Gasteiger partial charge in [-0.15, -0.1) is 0 Å². The van der Waals surface area contributed by atoms with E-state index in [1.165, 1.54) is 12.8 Å². The first-order chi connectivity index (χ1) is 10.5. The van der Waals surface area contributed by atoms with Crippen LogP contribution in [0.2, 0.25) is 5.02 Å². The summed E-state index contributed by atoms with van der Waals surface area (Å²) in [6, 6.07) is 4.82. The van der Waals surface area contributed by atoms with Crippen molar-refractivity contribution < 1.29 is 19.4 Å². The first-order valence-corrected chi connectivity index (χ1v) is 7.83. The number of halogens is 1. The fraction of sp³-hybridized carbons (Fsp3) is 0.500. The van der Waals surface area contributed by atoms with Crippen molar-refractivity contribution in [2.75, 3.05) is 11.9 Å². The molecule has 0 radical (unpaired) electrons. The van der Waals surface area contributed by atoms with Crippen LogP contribution in [-0.4, -0.2) is 23.6 Å². The molecule has 0 bridgehead atoms. The lowest BCUT2D eigenvalue weighted by Crippen LogP contribution is -2.17. The molecule has 22 heavy (non-hydrogen) atoms. The van der Waals surface area contributed by atoms with Crippen molar-refractivity contribution in [1.82, 2.24) is 0 Å². The second-order valence-corrected chi connectivity index (χ2v) is 6.55. The van der Waals surface area contributed by atoms with Gasteiger partial charge in [0.2, 0.25) is 5.91 Å². The van der Waals surface area contributed by atoms with E-state index >= 15 is 0 Å². The van der Waals surface area contributed by atoms with Gasteiger partial charge >= 0.3 is 5.97 Å². The number of amides is 1. The highest BCUT2D eigenvalue weighted by atomic mass is 35.5. The average molecular weight is 324 g/mol. The van der Waals surface area contributed by atoms with Gasteiger partial charge in [0.1, 0.15) is 5.75 Å². The molecule has 2 saturated carbocycles. The standard InChI is InChI=1S/C16H18ClNO4/c17-12-7-10(3-4-13(12)22-9-14(19)20)18-15(21)11-8-16(11)5-1-2-6-16/h3-4,7,11H,1-2,5-6,8-9H2,(H,18,21)(H,19,20). The van der Waals surface area contributed by atoms with Crippen LogP contribution in [0.5, 0.6) is 5.75 Å². The Hall–Kier alpha value is -1.75. The van der Waals surface area contributed by atoms with Gasteiger partial charge in [-0.1, -0.05) is 24.4 Å². The first-order valence-electron chi connectivity index (χ1n) is 7.45. The molecule has 2 aliphatic rings. The quantitative estimate of drug-likeness (QED) is 0.871. The van der Waals surface area contributed by atoms with Crippen molar-refractivity contribution in [3.63, 3.8) is 0 Å². The van der Waals surface area contributed by atoms with Crippen LogP contribution in [0.15, 0.2) is 18.2 Å². The predicted molar refractivity (Wildman–Crippen MR) is 82.2 cm³/mol. The van der Waals surface area contributed by atoms with Crippen LogP contribution in [0.4, 0.5) is 5.69 Å². The molecule has 1 aromatic rings. The van der Waals surface area contributed by atoms with Crippen molar-refractivity contribution in [2.24, 2.45) is 11.3 Å². The third kappa shape index (κ3) is 3.04. The van der Waals surface area contributed by atoms with E-state index in [1.54, 1.807) is 18.2 Å². The van der Waals surface area contributed by atoms with Crippen molar-refractivity contribution in [3.05, 3.63) is 23.2 Å². The molecule has 118 valence electrons. The molecule has 1 atom stereocenters. The van der Waals surface area contributed by atoms with Crippen LogP contribution in [0.3, 0.4) is 0 Å². The second kappa shape index (κ2) is 5.80. The van der Waals surface area contributed by atoms with Crippen LogP contribution in [0.1, 0.15) is 32.1 Å². The van der Waals surface area contributed by atoms with Crippen LogP contribution >= 0.6 is 11.6 Å². The molecular weight excluding hydrogens is 306 g/mol. The average Bonchev–Trinajstić information content (AvgIpc) is 2.95. The molecule has 0 heterocycles. The maximum absolute atomic E-state index is 12.3. The zero-order chi connectivity index (χ0) is 15.7. The van der Waals surface area contributed by atoms with Crippen molar-refractivity contribution in [3.8, 4) is 5.75 Å². The zero-order valence-corrected chi connectivity index (χ0v) is 12.9. The van der Waals surface area contributed by atoms with Gasteiger partial charge in [0.05, 0.1) is 5.02 Å². The fourth-order valence-corrected chi connectivity index (χ4v) is 3.65. The normalized spacial score (nSPS) is 21.6. The minimum Gasteiger partial charge on any atom is -0.480 e. The Morgan fingerprint density at radius 1 is 1.36 bits per heavy atom. The van der Waals surface area contributed by atoms with E-state index in [4.69, 9.17) is 21.4 Å². The largest absolute Gasteiger partial charge is 0.480 e. The van der Waals surface area contributed by atoms with Crippen LogP contribution in [-0.2, 0) is 9.59 Å². The Kier molecular flexibility index (Phi) is 4.00. The van der Waals surface area contributed by atoms with E-state index in [9.17, 15) is 9.59 Å². The molecule has 5 nitrogen and oxygen atoms in total. The minimum atomic E-state index is -1.07. The van der Waals surface area contributed by atoms with Crippen molar-refractivity contribution >= 4 is 29.2 Å². The molecule has 1 spiro atoms. The first kappa shape index (κ1) is 15.2. The number of carboxylic acid groups (broad SMARTS) is 1. The lowest BCUT2D eigenvalue weighted by Gasteiger charge is -2.11. The monoisotopic (exact) mass is 323 g/mol. The van der Waals surface area contributed by atoms with Gasteiger partial charge in [0.15, 0.2) is 6.61 Å². The molecule has 2 N–H and O–H groups in total. The van der Waals surface area contributed by atoms with Crippen molar-refractivity contribution in [1.29, 1.82) is 0 Å². The lowest BCUT2D eigenvalue weighted by atomic mass is 10.0. The molecule has 6 heteroatoms. The summed E-state index contributed by atoms with van der Waals surface area (Å²) in [7, 11) is 0. The maximum Gasteiger partial charge on any atom is 0.341 e. The van der Waals surface area contributed by atoms with Gasteiger partial charge in [-0.3, -0.25) is 4.79 Å². The number of rotatable bonds is 5. The van der Waals surface area contributed by atoms with E-state index in [-0.39, 0.29) is 22.3 Å². The number of carbonyl (C=O) groups excluding carboxylic acids is 1. The molecule has 1 amide bonds. The van der Waals surface area contributed by atoms with E-state index in [0.29, 0.717) is 11.4 Å². The Morgan fingerprint density at radius 3 is 2.73 bits per heavy atom. The molecule has 1 unspecified atom stereocenters. The van der Waals surface area contributed by atoms with Gasteiger partial charge in [-0.25, -0.2) is 4.79 Å². The summed E-state index contributed by atoms with van der Waals surface area (Å²) in [5.74, 6) is -0.598. The molecule has 0 aromatic heterocycles. The number of ether oxygens (including phenoxy) is 1. The summed E-state index contributed by atoms with van der Waals surface area (Å²) in [5.41, 5.74) is 0.871. The highest BCUT2D eigenvalue weighted by Crippen LogP contribution is 2.63. The summed E-state index contributed by atoms with van der Waals surface area (Å²) >= 11 is 6.04. The third-order valence-corrected chi connectivity index (χ3v) is 4.95. The smallest absolute Gasteiger partial charge is 0.341 e. The number of hydrogen-bond donors (Lipinski definition) is 2. The van der Waals surface area contributed by atoms with E-state index in [1.807, 2.05) is 0 Å². The van der Waals surface area contributed by atoms with Crippen LogP contribution < -0.4 is 10.1 Å². The van der Waals surface area contributed by atoms with E-state index in [0.717, 1.165) is 19.3 Å². The lowest BCUT2D eigenvalue weighted by molar-refractivity contribution is -0.139. The van der Waals surface area contributed by atoms with E-state index < -0.39 is 12.6 Å². The summed E-state index contributed by atoms with van der Waals surface area (Å²) in [6.07, 6.45) is 5.77. The third-order valence-electron chi connectivity index (χ3n) is 4.66. The van der Waals surface area contributed by atoms with Crippen LogP contribution in [0, 0.1) is 11.3 Å². The number of anilines is 1. The van der Waals surface area contributed by atoms with Gasteiger partial charge in [0.25, 0.3) is 0 Å². The number of benzene rings is 1. The topological polar surface area (TPSA) is 75.6 Å². The summed E-state index contributed by atoms with van der Waals surface area (Å²) in [5, 5.41) is 11.8. The number of hydrogen-bond acceptors (Lipinski definition) is 3. The molecule has 2 aliphatic carbocycles. The predicted octanol–water partition coefficient (Wildman–Crippen LogP) is 3.32. The highest BCUT2D eigenvalue weighted by Gasteiger charge is 2.58. The second-order valence-electron chi connectivity index (χ2n) is 6.14. The molecule has 3 rings (SSSR count). The Bertz CT molecular complexity index is 610. The molecule has 0 saturated heterocycles. The van der Waals surface area contributed by atoms with Gasteiger partial charge < -0.3 is 15.2 Å².